The molecule has 0 bridgehead atoms. The first-order valence-corrected chi connectivity index (χ1v) is 5.88. The van der Waals surface area contributed by atoms with E-state index < -0.39 is 16.4 Å². The van der Waals surface area contributed by atoms with E-state index >= 15 is 0 Å². The molecular formula is C12H14N2O5. The SMILES string of the molecule is O=C(O)c1ccc([N+](=O)[O-])c(NC2(CO)CCC2)c1. The van der Waals surface area contributed by atoms with E-state index in [4.69, 9.17) is 5.11 Å². The third-order valence-corrected chi connectivity index (χ3v) is 3.45. The Labute approximate surface area is 109 Å². The lowest BCUT2D eigenvalue weighted by Crippen LogP contribution is -2.48. The molecule has 0 atom stereocenters. The zero-order valence-electron chi connectivity index (χ0n) is 10.1. The molecule has 0 amide bonds. The molecule has 19 heavy (non-hydrogen) atoms. The van der Waals surface area contributed by atoms with Crippen molar-refractivity contribution in [3.8, 4) is 0 Å². The third-order valence-electron chi connectivity index (χ3n) is 3.45. The number of carboxylic acid groups (broad SMARTS) is 1. The summed E-state index contributed by atoms with van der Waals surface area (Å²) >= 11 is 0. The van der Waals surface area contributed by atoms with Crippen LogP contribution < -0.4 is 5.32 Å². The zero-order valence-corrected chi connectivity index (χ0v) is 10.1. The molecule has 0 unspecified atom stereocenters. The molecule has 1 aliphatic carbocycles. The number of aromatic carboxylic acids is 1. The summed E-state index contributed by atoms with van der Waals surface area (Å²) in [5.41, 5.74) is -0.647. The summed E-state index contributed by atoms with van der Waals surface area (Å²) in [5.74, 6) is -1.15. The molecule has 1 aromatic carbocycles. The largest absolute Gasteiger partial charge is 0.478 e. The van der Waals surface area contributed by atoms with Crippen molar-refractivity contribution in [2.24, 2.45) is 0 Å². The molecule has 1 aliphatic rings. The highest BCUT2D eigenvalue weighted by Gasteiger charge is 2.37. The van der Waals surface area contributed by atoms with Crippen LogP contribution in [-0.4, -0.2) is 33.3 Å². The predicted molar refractivity (Wildman–Crippen MR) is 67.3 cm³/mol. The summed E-state index contributed by atoms with van der Waals surface area (Å²) in [6.07, 6.45) is 2.34. The van der Waals surface area contributed by atoms with Crippen LogP contribution in [0, 0.1) is 10.1 Å². The van der Waals surface area contributed by atoms with Crippen LogP contribution in [0.15, 0.2) is 18.2 Å². The number of carboxylic acids is 1. The normalized spacial score (nSPS) is 16.5. The van der Waals surface area contributed by atoms with E-state index in [1.807, 2.05) is 0 Å². The number of benzene rings is 1. The Morgan fingerprint density at radius 3 is 2.58 bits per heavy atom. The number of aliphatic hydroxyl groups is 1. The van der Waals surface area contributed by atoms with Gasteiger partial charge in [0.2, 0.25) is 0 Å². The molecule has 0 saturated heterocycles. The van der Waals surface area contributed by atoms with Crippen LogP contribution in [0.1, 0.15) is 29.6 Å². The van der Waals surface area contributed by atoms with E-state index in [0.29, 0.717) is 12.8 Å². The van der Waals surface area contributed by atoms with Gasteiger partial charge in [0.05, 0.1) is 22.6 Å². The van der Waals surface area contributed by atoms with Crippen molar-refractivity contribution in [1.82, 2.24) is 0 Å². The van der Waals surface area contributed by atoms with Crippen molar-refractivity contribution in [2.45, 2.75) is 24.8 Å². The quantitative estimate of drug-likeness (QED) is 0.551. The molecule has 0 spiro atoms. The summed E-state index contributed by atoms with van der Waals surface area (Å²) in [6, 6.07) is 3.59. The molecule has 0 heterocycles. The number of hydrogen-bond donors (Lipinski definition) is 3. The fraction of sp³-hybridized carbons (Fsp3) is 0.417. The summed E-state index contributed by atoms with van der Waals surface area (Å²) in [7, 11) is 0. The minimum atomic E-state index is -1.15. The zero-order chi connectivity index (χ0) is 14.0. The second-order valence-electron chi connectivity index (χ2n) is 4.71. The Morgan fingerprint density at radius 2 is 2.16 bits per heavy atom. The molecule has 102 valence electrons. The van der Waals surface area contributed by atoms with Crippen molar-refractivity contribution in [3.05, 3.63) is 33.9 Å². The number of nitro benzene ring substituents is 1. The molecule has 0 aliphatic heterocycles. The average molecular weight is 266 g/mol. The lowest BCUT2D eigenvalue weighted by Gasteiger charge is -2.41. The molecular weight excluding hydrogens is 252 g/mol. The molecule has 7 nitrogen and oxygen atoms in total. The number of carbonyl (C=O) groups is 1. The molecule has 1 saturated carbocycles. The van der Waals surface area contributed by atoms with E-state index in [9.17, 15) is 20.0 Å². The van der Waals surface area contributed by atoms with Crippen LogP contribution in [0.2, 0.25) is 0 Å². The summed E-state index contributed by atoms with van der Waals surface area (Å²) in [6.45, 7) is -0.137. The molecule has 1 aromatic rings. The predicted octanol–water partition coefficient (Wildman–Crippen LogP) is 1.62. The van der Waals surface area contributed by atoms with Gasteiger partial charge in [-0.15, -0.1) is 0 Å². The first-order chi connectivity index (χ1) is 8.97. The maximum absolute atomic E-state index is 10.9. The number of nitrogens with one attached hydrogen (secondary N) is 1. The number of rotatable bonds is 5. The van der Waals surface area contributed by atoms with Gasteiger partial charge in [-0.1, -0.05) is 0 Å². The smallest absolute Gasteiger partial charge is 0.335 e. The first-order valence-electron chi connectivity index (χ1n) is 5.88. The summed E-state index contributed by atoms with van der Waals surface area (Å²) in [4.78, 5) is 21.3. The second kappa shape index (κ2) is 4.85. The van der Waals surface area contributed by atoms with Crippen LogP contribution >= 0.6 is 0 Å². The monoisotopic (exact) mass is 266 g/mol. The first kappa shape index (κ1) is 13.3. The Morgan fingerprint density at radius 1 is 1.47 bits per heavy atom. The van der Waals surface area contributed by atoms with E-state index in [1.54, 1.807) is 0 Å². The Hall–Kier alpha value is -2.15. The van der Waals surface area contributed by atoms with E-state index in [-0.39, 0.29) is 23.5 Å². The summed E-state index contributed by atoms with van der Waals surface area (Å²) in [5, 5.41) is 32.1. The lowest BCUT2D eigenvalue weighted by molar-refractivity contribution is -0.384. The molecule has 2 rings (SSSR count). The van der Waals surface area contributed by atoms with Crippen molar-refractivity contribution in [1.29, 1.82) is 0 Å². The van der Waals surface area contributed by atoms with Gasteiger partial charge in [0, 0.05) is 6.07 Å². The van der Waals surface area contributed by atoms with Crippen LogP contribution in [0.3, 0.4) is 0 Å². The Bertz CT molecular complexity index is 519. The van der Waals surface area contributed by atoms with Crippen molar-refractivity contribution >= 4 is 17.3 Å². The van der Waals surface area contributed by atoms with Gasteiger partial charge in [0.25, 0.3) is 5.69 Å². The van der Waals surface area contributed by atoms with Gasteiger partial charge >= 0.3 is 5.97 Å². The van der Waals surface area contributed by atoms with Gasteiger partial charge < -0.3 is 15.5 Å². The number of hydrogen-bond acceptors (Lipinski definition) is 5. The number of nitro groups is 1. The van der Waals surface area contributed by atoms with Crippen LogP contribution in [0.5, 0.6) is 0 Å². The standard InChI is InChI=1S/C12H14N2O5/c15-7-12(4-1-5-12)13-9-6-8(11(16)17)2-3-10(9)14(18)19/h2-3,6,13,15H,1,4-5,7H2,(H,16,17). The fourth-order valence-corrected chi connectivity index (χ4v) is 2.14. The molecule has 0 aromatic heterocycles. The van der Waals surface area contributed by atoms with Crippen LogP contribution in [0.25, 0.3) is 0 Å². The van der Waals surface area contributed by atoms with Crippen LogP contribution in [-0.2, 0) is 0 Å². The maximum atomic E-state index is 10.9. The van der Waals surface area contributed by atoms with E-state index in [2.05, 4.69) is 5.32 Å². The van der Waals surface area contributed by atoms with Crippen molar-refractivity contribution < 1.29 is 19.9 Å². The van der Waals surface area contributed by atoms with Gasteiger partial charge in [-0.3, -0.25) is 10.1 Å². The van der Waals surface area contributed by atoms with E-state index in [1.165, 1.54) is 12.1 Å². The minimum Gasteiger partial charge on any atom is -0.478 e. The van der Waals surface area contributed by atoms with Gasteiger partial charge in [-0.2, -0.15) is 0 Å². The minimum absolute atomic E-state index is 0.0273. The summed E-state index contributed by atoms with van der Waals surface area (Å²) < 4.78 is 0. The Balaban J connectivity index is 2.37. The van der Waals surface area contributed by atoms with Crippen LogP contribution in [0.4, 0.5) is 11.4 Å². The van der Waals surface area contributed by atoms with Gasteiger partial charge in [0.1, 0.15) is 5.69 Å². The highest BCUT2D eigenvalue weighted by Crippen LogP contribution is 2.37. The van der Waals surface area contributed by atoms with Crippen molar-refractivity contribution in [2.75, 3.05) is 11.9 Å². The number of nitrogens with zero attached hydrogens (tertiary/aromatic N) is 1. The van der Waals surface area contributed by atoms with Gasteiger partial charge in [-0.05, 0) is 31.4 Å². The lowest BCUT2D eigenvalue weighted by atomic mass is 9.77. The topological polar surface area (TPSA) is 113 Å². The Kier molecular flexibility index (Phi) is 3.39. The maximum Gasteiger partial charge on any atom is 0.335 e. The highest BCUT2D eigenvalue weighted by atomic mass is 16.6. The highest BCUT2D eigenvalue weighted by molar-refractivity contribution is 5.90. The molecule has 1 fully saturated rings. The number of aliphatic hydroxyl groups excluding tert-OH is 1. The average Bonchev–Trinajstić information content (AvgIpc) is 2.33. The molecule has 3 N–H and O–H groups in total. The van der Waals surface area contributed by atoms with Crippen molar-refractivity contribution in [3.63, 3.8) is 0 Å². The van der Waals surface area contributed by atoms with E-state index in [0.717, 1.165) is 12.5 Å². The molecule has 0 radical (unpaired) electrons. The second-order valence-corrected chi connectivity index (χ2v) is 4.71. The third kappa shape index (κ3) is 2.50. The van der Waals surface area contributed by atoms with Gasteiger partial charge in [-0.25, -0.2) is 4.79 Å². The molecule has 7 heteroatoms. The fourth-order valence-electron chi connectivity index (χ4n) is 2.14. The number of anilines is 1. The van der Waals surface area contributed by atoms with Gasteiger partial charge in [0.15, 0.2) is 0 Å².